The molecule has 18 rings (SSSR count). The Labute approximate surface area is 553 Å². The van der Waals surface area contributed by atoms with E-state index in [-0.39, 0.29) is 0 Å². The van der Waals surface area contributed by atoms with Crippen molar-refractivity contribution in [2.75, 3.05) is 0 Å². The molecule has 5 heterocycles. The molecule has 9 nitrogen and oxygen atoms in total. The Bertz CT molecular complexity index is 5400. The van der Waals surface area contributed by atoms with Gasteiger partial charge in [-0.05, 0) is 108 Å². The Hall–Kier alpha value is -11.3. The molecule has 0 saturated heterocycles. The van der Waals surface area contributed by atoms with Crippen LogP contribution < -0.4 is 0 Å². The van der Waals surface area contributed by atoms with Crippen molar-refractivity contribution in [1.82, 2.24) is 44.4 Å². The van der Waals surface area contributed by atoms with Crippen LogP contribution in [0.15, 0.2) is 308 Å². The number of hydrogen-bond donors (Lipinski definition) is 0. The molecular weight excluding hydrogens is 1240 g/mol. The predicted octanol–water partition coefficient (Wildman–Crippen LogP) is 21.4. The summed E-state index contributed by atoms with van der Waals surface area (Å²) in [6, 6.07) is 104. The van der Waals surface area contributed by atoms with Crippen LogP contribution in [-0.4, -0.2) is 44.4 Å². The minimum absolute atomic E-state index is 0.633. The van der Waals surface area contributed by atoms with Gasteiger partial charge in [-0.1, -0.05) is 240 Å². The number of nitrogens with zero attached hydrogens (tertiary/aromatic N) is 9. The lowest BCUT2D eigenvalue weighted by Crippen LogP contribution is -2.01. The van der Waals surface area contributed by atoms with E-state index in [0.29, 0.717) is 34.9 Å². The quantitative estimate of drug-likeness (QED) is 0.141. The minimum Gasteiger partial charge on any atom is -0.309 e. The van der Waals surface area contributed by atoms with Crippen LogP contribution in [0, 0.1) is 0 Å². The third-order valence-electron chi connectivity index (χ3n) is 16.4. The Kier molecular flexibility index (Phi) is 15.4. The van der Waals surface area contributed by atoms with E-state index in [1.54, 1.807) is 22.7 Å². The van der Waals surface area contributed by atoms with Crippen LogP contribution in [0.1, 0.15) is 11.1 Å². The van der Waals surface area contributed by atoms with Gasteiger partial charge in [-0.15, -0.1) is 22.7 Å². The maximum atomic E-state index is 4.97. The van der Waals surface area contributed by atoms with Crippen LogP contribution >= 0.6 is 38.6 Å². The van der Waals surface area contributed by atoms with Crippen molar-refractivity contribution in [3.8, 4) is 106 Å². The number of aromatic nitrogens is 9. The smallest absolute Gasteiger partial charge is 0.164 e. The Morgan fingerprint density at radius 2 is 0.699 bits per heavy atom. The molecule has 12 heteroatoms. The van der Waals surface area contributed by atoms with E-state index in [4.69, 9.17) is 34.9 Å². The average Bonchev–Trinajstić information content (AvgIpc) is 1.63. The van der Waals surface area contributed by atoms with E-state index < -0.39 is 0 Å². The van der Waals surface area contributed by atoms with Crippen LogP contribution in [0.2, 0.25) is 0 Å². The summed E-state index contributed by atoms with van der Waals surface area (Å²) in [6.07, 6.45) is 1.05. The second kappa shape index (κ2) is 25.2. The van der Waals surface area contributed by atoms with Gasteiger partial charge in [0.25, 0.3) is 0 Å². The van der Waals surface area contributed by atoms with Crippen molar-refractivity contribution in [2.45, 2.75) is 6.42 Å². The van der Waals surface area contributed by atoms with Crippen molar-refractivity contribution >= 4 is 80.8 Å². The maximum Gasteiger partial charge on any atom is 0.164 e. The summed E-state index contributed by atoms with van der Waals surface area (Å²) in [4.78, 5) is 38.6. The highest BCUT2D eigenvalue weighted by Gasteiger charge is 2.21. The van der Waals surface area contributed by atoms with E-state index in [1.807, 2.05) is 158 Å². The molecule has 0 N–H and O–H groups in total. The molecule has 5 aromatic heterocycles. The summed E-state index contributed by atoms with van der Waals surface area (Å²) in [7, 11) is 0. The molecule has 0 aliphatic heterocycles. The SMILES string of the molecule is Brc1cccc(-c2nc(-c3ccccc3)nc(-c3ccccc3)n2)c1.c1ccc(-c2nc(-c3ccccc3)nc(-c3cccc(-n4c5ccccc5c5cc(-c6nc7ccccc7s6)ccc54)c3)n2)cc1.c1ccc2c(c1)Cc1ccc(-c3nc4ccccc4s3)cc1-2. The van der Waals surface area contributed by atoms with Crippen LogP contribution in [0.3, 0.4) is 0 Å². The van der Waals surface area contributed by atoms with Crippen LogP contribution in [-0.2, 0) is 6.42 Å². The number of halogens is 1. The monoisotopic (exact) mass is 1290 g/mol. The molecule has 93 heavy (non-hydrogen) atoms. The number of fused-ring (bicyclic) bond motifs is 8. The second-order valence-electron chi connectivity index (χ2n) is 22.4. The van der Waals surface area contributed by atoms with Gasteiger partial charge < -0.3 is 4.57 Å². The lowest BCUT2D eigenvalue weighted by molar-refractivity contribution is 1.07. The Balaban J connectivity index is 0.000000122. The van der Waals surface area contributed by atoms with E-state index in [1.165, 1.54) is 48.0 Å². The number of benzene rings is 12. The van der Waals surface area contributed by atoms with Gasteiger partial charge in [-0.25, -0.2) is 39.9 Å². The topological polar surface area (TPSA) is 108 Å². The van der Waals surface area contributed by atoms with Crippen LogP contribution in [0.5, 0.6) is 0 Å². The van der Waals surface area contributed by atoms with Crippen molar-refractivity contribution in [3.63, 3.8) is 0 Å². The van der Waals surface area contributed by atoms with Crippen molar-refractivity contribution in [3.05, 3.63) is 319 Å². The highest BCUT2D eigenvalue weighted by atomic mass is 79.9. The molecular formula is C81H52BrN9S2. The van der Waals surface area contributed by atoms with Crippen molar-refractivity contribution in [1.29, 1.82) is 0 Å². The average molecular weight is 1300 g/mol. The van der Waals surface area contributed by atoms with Gasteiger partial charge >= 0.3 is 0 Å². The fourth-order valence-corrected chi connectivity index (χ4v) is 14.2. The molecule has 0 fully saturated rings. The fourth-order valence-electron chi connectivity index (χ4n) is 11.9. The summed E-state index contributed by atoms with van der Waals surface area (Å²) in [6.45, 7) is 0. The summed E-state index contributed by atoms with van der Waals surface area (Å²) in [5.74, 6) is 3.93. The van der Waals surface area contributed by atoms with E-state index in [0.717, 1.165) is 87.6 Å². The molecule has 0 amide bonds. The molecule has 0 bridgehead atoms. The van der Waals surface area contributed by atoms with Gasteiger partial charge in [0.2, 0.25) is 0 Å². The van der Waals surface area contributed by atoms with Gasteiger partial charge in [0.05, 0.1) is 31.5 Å². The molecule has 1 aliphatic rings. The van der Waals surface area contributed by atoms with E-state index >= 15 is 0 Å². The summed E-state index contributed by atoms with van der Waals surface area (Å²) < 4.78 is 5.76. The molecule has 0 saturated carbocycles. The lowest BCUT2D eigenvalue weighted by atomic mass is 10.0. The van der Waals surface area contributed by atoms with Gasteiger partial charge in [0, 0.05) is 65.4 Å². The van der Waals surface area contributed by atoms with Gasteiger partial charge in [0.15, 0.2) is 34.9 Å². The first-order valence-corrected chi connectivity index (χ1v) is 33.0. The Morgan fingerprint density at radius 1 is 0.280 bits per heavy atom. The largest absolute Gasteiger partial charge is 0.309 e. The van der Waals surface area contributed by atoms with Crippen molar-refractivity contribution < 1.29 is 0 Å². The summed E-state index contributed by atoms with van der Waals surface area (Å²) in [5, 5.41) is 4.52. The number of thiazole rings is 2. The first-order chi connectivity index (χ1) is 46.0. The standard InChI is InChI=1S/C40H25N5S.C21H14BrN3.C20H13NS/c1-3-12-26(13-4-1)37-42-38(27-14-5-2-6-15-27)44-39(43-37)28-16-11-17-30(24-28)45-34-20-9-7-18-31(34)32-25-29(22-23-35(32)45)40-41-33-19-8-10-21-36(33)46-40;22-18-13-7-12-17(14-18)21-24-19(15-8-3-1-4-9-15)23-20(25-21)16-10-5-2-6-11-16;1-2-6-16-13(5-1)11-14-9-10-15(12-17(14)16)20-21-18-7-3-4-8-19(18)22-20/h1-25H;1-14H;1-10,12H,11H2. The zero-order chi connectivity index (χ0) is 62.0. The van der Waals surface area contributed by atoms with Gasteiger partial charge in [0.1, 0.15) is 10.0 Å². The van der Waals surface area contributed by atoms with Crippen LogP contribution in [0.4, 0.5) is 0 Å². The van der Waals surface area contributed by atoms with E-state index in [9.17, 15) is 0 Å². The highest BCUT2D eigenvalue weighted by Crippen LogP contribution is 2.42. The third-order valence-corrected chi connectivity index (χ3v) is 19.1. The molecule has 440 valence electrons. The third kappa shape index (κ3) is 11.7. The summed E-state index contributed by atoms with van der Waals surface area (Å²) >= 11 is 7.01. The molecule has 0 radical (unpaired) electrons. The molecule has 0 spiro atoms. The highest BCUT2D eigenvalue weighted by molar-refractivity contribution is 9.10. The number of para-hydroxylation sites is 3. The zero-order valence-electron chi connectivity index (χ0n) is 49.8. The predicted molar refractivity (Wildman–Crippen MR) is 386 cm³/mol. The fraction of sp³-hybridized carbons (Fsp3) is 0.0123. The Morgan fingerprint density at radius 3 is 1.25 bits per heavy atom. The normalized spacial score (nSPS) is 11.5. The molecule has 12 aromatic carbocycles. The number of rotatable bonds is 9. The number of hydrogen-bond acceptors (Lipinski definition) is 10. The van der Waals surface area contributed by atoms with Gasteiger partial charge in [-0.2, -0.15) is 0 Å². The zero-order valence-corrected chi connectivity index (χ0v) is 53.0. The van der Waals surface area contributed by atoms with E-state index in [2.05, 4.69) is 171 Å². The summed E-state index contributed by atoms with van der Waals surface area (Å²) in [5.41, 5.74) is 19.1. The first-order valence-electron chi connectivity index (χ1n) is 30.5. The molecule has 0 atom stereocenters. The minimum atomic E-state index is 0.633. The first kappa shape index (κ1) is 56.9. The van der Waals surface area contributed by atoms with Crippen LogP contribution in [0.25, 0.3) is 149 Å². The molecule has 17 aromatic rings. The second-order valence-corrected chi connectivity index (χ2v) is 25.4. The van der Waals surface area contributed by atoms with Crippen molar-refractivity contribution in [2.24, 2.45) is 0 Å². The molecule has 1 aliphatic carbocycles. The maximum absolute atomic E-state index is 4.97. The lowest BCUT2D eigenvalue weighted by Gasteiger charge is -2.11. The molecule has 0 unspecified atom stereocenters. The van der Waals surface area contributed by atoms with Gasteiger partial charge in [-0.3, -0.25) is 0 Å².